The van der Waals surface area contributed by atoms with Crippen molar-refractivity contribution in [3.8, 4) is 11.6 Å². The Balaban J connectivity index is 1.74. The molecule has 0 spiro atoms. The number of rotatable bonds is 3. The predicted molar refractivity (Wildman–Crippen MR) is 104 cm³/mol. The van der Waals surface area contributed by atoms with Crippen molar-refractivity contribution >= 4 is 23.2 Å². The van der Waals surface area contributed by atoms with Gasteiger partial charge in [-0.05, 0) is 49.7 Å². The van der Waals surface area contributed by atoms with E-state index < -0.39 is 0 Å². The Morgan fingerprint density at radius 3 is 2.81 bits per heavy atom. The number of hydrogen-bond donors (Lipinski definition) is 0. The van der Waals surface area contributed by atoms with Crippen LogP contribution in [0.25, 0.3) is 5.69 Å². The zero-order valence-electron chi connectivity index (χ0n) is 15.1. The van der Waals surface area contributed by atoms with E-state index in [-0.39, 0.29) is 12.0 Å². The summed E-state index contributed by atoms with van der Waals surface area (Å²) in [4.78, 5) is 19.3. The van der Waals surface area contributed by atoms with Crippen molar-refractivity contribution in [1.29, 1.82) is 0 Å². The van der Waals surface area contributed by atoms with Crippen molar-refractivity contribution in [2.24, 2.45) is 0 Å². The van der Waals surface area contributed by atoms with Crippen LogP contribution in [0.3, 0.4) is 0 Å². The van der Waals surface area contributed by atoms with Gasteiger partial charge in [0.2, 0.25) is 5.88 Å². The van der Waals surface area contributed by atoms with Crippen LogP contribution in [0.4, 0.5) is 5.69 Å². The zero-order valence-corrected chi connectivity index (χ0v) is 15.8. The van der Waals surface area contributed by atoms with Crippen LogP contribution in [0.1, 0.15) is 29.9 Å². The molecule has 1 atom stereocenters. The van der Waals surface area contributed by atoms with E-state index in [0.29, 0.717) is 35.1 Å². The molecule has 6 nitrogen and oxygen atoms in total. The van der Waals surface area contributed by atoms with Gasteiger partial charge < -0.3 is 4.74 Å². The van der Waals surface area contributed by atoms with Gasteiger partial charge in [0.25, 0.3) is 5.91 Å². The minimum absolute atomic E-state index is 0.100. The van der Waals surface area contributed by atoms with Gasteiger partial charge in [-0.2, -0.15) is 5.10 Å². The number of anilines is 1. The Labute approximate surface area is 162 Å². The third kappa shape index (κ3) is 3.17. The molecule has 0 radical (unpaired) electrons. The Bertz CT molecular complexity index is 984. The smallest absolute Gasteiger partial charge is 0.262 e. The molecular weight excluding hydrogens is 364 g/mol. The van der Waals surface area contributed by atoms with Crippen molar-refractivity contribution in [1.82, 2.24) is 14.8 Å². The SMILES string of the molecule is CCc1c(C(=O)N2C[C@@H](C)Oc3ncccc32)cnn1-c1ccc(Cl)cc1. The van der Waals surface area contributed by atoms with Gasteiger partial charge in [-0.3, -0.25) is 9.69 Å². The summed E-state index contributed by atoms with van der Waals surface area (Å²) in [6.07, 6.45) is 3.83. The number of aromatic nitrogens is 3. The number of benzene rings is 1. The molecule has 0 aliphatic carbocycles. The van der Waals surface area contributed by atoms with Crippen molar-refractivity contribution < 1.29 is 9.53 Å². The molecule has 1 amide bonds. The van der Waals surface area contributed by atoms with Gasteiger partial charge in [0.15, 0.2) is 0 Å². The van der Waals surface area contributed by atoms with Gasteiger partial charge >= 0.3 is 0 Å². The maximum atomic E-state index is 13.4. The van der Waals surface area contributed by atoms with Crippen LogP contribution in [0, 0.1) is 0 Å². The van der Waals surface area contributed by atoms with Crippen molar-refractivity contribution in [2.45, 2.75) is 26.4 Å². The van der Waals surface area contributed by atoms with Crippen LogP contribution in [0.15, 0.2) is 48.8 Å². The topological polar surface area (TPSA) is 60.3 Å². The summed E-state index contributed by atoms with van der Waals surface area (Å²) in [5.41, 5.74) is 2.98. The summed E-state index contributed by atoms with van der Waals surface area (Å²) in [5.74, 6) is 0.379. The fourth-order valence-electron chi connectivity index (χ4n) is 3.30. The molecule has 138 valence electrons. The highest BCUT2D eigenvalue weighted by Gasteiger charge is 2.31. The number of halogens is 1. The highest BCUT2D eigenvalue weighted by molar-refractivity contribution is 6.30. The van der Waals surface area contributed by atoms with E-state index in [4.69, 9.17) is 16.3 Å². The lowest BCUT2D eigenvalue weighted by Crippen LogP contribution is -2.42. The van der Waals surface area contributed by atoms with Crippen LogP contribution in [-0.2, 0) is 6.42 Å². The summed E-state index contributed by atoms with van der Waals surface area (Å²) in [6.45, 7) is 4.40. The highest BCUT2D eigenvalue weighted by Crippen LogP contribution is 2.32. The molecule has 27 heavy (non-hydrogen) atoms. The minimum Gasteiger partial charge on any atom is -0.471 e. The molecule has 0 fully saturated rings. The maximum absolute atomic E-state index is 13.4. The Hall–Kier alpha value is -2.86. The molecule has 3 aromatic rings. The summed E-state index contributed by atoms with van der Waals surface area (Å²) >= 11 is 5.98. The van der Waals surface area contributed by atoms with E-state index in [1.165, 1.54) is 0 Å². The first-order valence-corrected chi connectivity index (χ1v) is 9.22. The average Bonchev–Trinajstić information content (AvgIpc) is 3.11. The van der Waals surface area contributed by atoms with E-state index >= 15 is 0 Å². The van der Waals surface area contributed by atoms with Gasteiger partial charge in [-0.25, -0.2) is 9.67 Å². The quantitative estimate of drug-likeness (QED) is 0.689. The van der Waals surface area contributed by atoms with Crippen LogP contribution in [0.2, 0.25) is 5.02 Å². The second-order valence-electron chi connectivity index (χ2n) is 6.42. The fourth-order valence-corrected chi connectivity index (χ4v) is 3.42. The first-order valence-electron chi connectivity index (χ1n) is 8.85. The average molecular weight is 383 g/mol. The lowest BCUT2D eigenvalue weighted by atomic mass is 10.1. The van der Waals surface area contributed by atoms with Gasteiger partial charge in [0.05, 0.1) is 29.7 Å². The molecule has 1 aliphatic rings. The van der Waals surface area contributed by atoms with E-state index in [1.807, 2.05) is 44.2 Å². The van der Waals surface area contributed by atoms with Gasteiger partial charge in [-0.15, -0.1) is 0 Å². The summed E-state index contributed by atoms with van der Waals surface area (Å²) < 4.78 is 7.54. The molecule has 0 bridgehead atoms. The molecule has 1 aliphatic heterocycles. The zero-order chi connectivity index (χ0) is 19.0. The Kier molecular flexibility index (Phi) is 4.58. The summed E-state index contributed by atoms with van der Waals surface area (Å²) in [7, 11) is 0. The lowest BCUT2D eigenvalue weighted by Gasteiger charge is -2.32. The summed E-state index contributed by atoms with van der Waals surface area (Å²) in [6, 6.07) is 11.0. The van der Waals surface area contributed by atoms with E-state index in [1.54, 1.807) is 28.0 Å². The Morgan fingerprint density at radius 1 is 1.30 bits per heavy atom. The number of carbonyl (C=O) groups is 1. The molecule has 4 rings (SSSR count). The fraction of sp³-hybridized carbons (Fsp3) is 0.250. The monoisotopic (exact) mass is 382 g/mol. The van der Waals surface area contributed by atoms with Crippen LogP contribution < -0.4 is 9.64 Å². The Morgan fingerprint density at radius 2 is 2.07 bits per heavy atom. The molecule has 1 aromatic carbocycles. The summed E-state index contributed by atoms with van der Waals surface area (Å²) in [5, 5.41) is 5.12. The molecular formula is C20H19ClN4O2. The molecule has 2 aromatic heterocycles. The number of carbonyl (C=O) groups excluding carboxylic acids is 1. The maximum Gasteiger partial charge on any atom is 0.262 e. The third-order valence-electron chi connectivity index (χ3n) is 4.54. The number of ether oxygens (including phenoxy) is 1. The molecule has 3 heterocycles. The predicted octanol–water partition coefficient (Wildman–Crippen LogP) is 3.91. The first-order chi connectivity index (χ1) is 13.1. The van der Waals surface area contributed by atoms with Crippen molar-refractivity contribution in [3.05, 3.63) is 65.1 Å². The number of pyridine rings is 1. The van der Waals surface area contributed by atoms with Gasteiger partial charge in [-0.1, -0.05) is 18.5 Å². The largest absolute Gasteiger partial charge is 0.471 e. The standard InChI is InChI=1S/C20H19ClN4O2/c1-3-17-16(11-23-25(17)15-8-6-14(21)7-9-15)20(26)24-12-13(2)27-19-18(24)5-4-10-22-19/h4-11,13H,3,12H2,1-2H3/t13-/m1/s1. The molecule has 0 unspecified atom stereocenters. The second kappa shape index (κ2) is 7.04. The number of fused-ring (bicyclic) bond motifs is 1. The van der Waals surface area contributed by atoms with E-state index in [9.17, 15) is 4.79 Å². The second-order valence-corrected chi connectivity index (χ2v) is 6.86. The number of amides is 1. The molecule has 7 heteroatoms. The van der Waals surface area contributed by atoms with E-state index in [0.717, 1.165) is 11.4 Å². The first kappa shape index (κ1) is 17.5. The third-order valence-corrected chi connectivity index (χ3v) is 4.80. The molecule has 0 N–H and O–H groups in total. The number of nitrogens with zero attached hydrogens (tertiary/aromatic N) is 4. The van der Waals surface area contributed by atoms with Crippen LogP contribution >= 0.6 is 11.6 Å². The lowest BCUT2D eigenvalue weighted by molar-refractivity contribution is 0.0957. The van der Waals surface area contributed by atoms with Crippen LogP contribution in [-0.4, -0.2) is 33.3 Å². The number of hydrogen-bond acceptors (Lipinski definition) is 4. The van der Waals surface area contributed by atoms with Gasteiger partial charge in [0.1, 0.15) is 11.8 Å². The van der Waals surface area contributed by atoms with E-state index in [2.05, 4.69) is 10.1 Å². The normalized spacial score (nSPS) is 16.0. The highest BCUT2D eigenvalue weighted by atomic mass is 35.5. The van der Waals surface area contributed by atoms with Gasteiger partial charge in [0, 0.05) is 11.2 Å². The minimum atomic E-state index is -0.132. The molecule has 0 saturated carbocycles. The van der Waals surface area contributed by atoms with Crippen LogP contribution in [0.5, 0.6) is 5.88 Å². The van der Waals surface area contributed by atoms with Crippen molar-refractivity contribution in [3.63, 3.8) is 0 Å². The molecule has 0 saturated heterocycles. The van der Waals surface area contributed by atoms with Crippen molar-refractivity contribution in [2.75, 3.05) is 11.4 Å².